The van der Waals surface area contributed by atoms with Crippen molar-refractivity contribution in [3.8, 4) is 16.8 Å². The molecule has 6 nitrogen and oxygen atoms in total. The van der Waals surface area contributed by atoms with Crippen LogP contribution < -0.4 is 0 Å². The second kappa shape index (κ2) is 6.93. The standard InChI is InChI=1S/C22H12N4O2S/c23-12-13(20-24-16-6-2-1-5-15(16)21(27)26-20)11-14-9-10-18(28-14)22-25-17-7-3-4-8-19(17)29-22/h1-11,15H/b13-11+. The molecule has 1 amide bonds. The lowest BCUT2D eigenvalue weighted by molar-refractivity contribution is -0.118. The molecular formula is C22H12N4O2S. The van der Waals surface area contributed by atoms with Gasteiger partial charge in [-0.15, -0.1) is 11.3 Å². The number of rotatable bonds is 3. The Kier molecular flexibility index (Phi) is 4.12. The molecule has 0 N–H and O–H groups in total. The summed E-state index contributed by atoms with van der Waals surface area (Å²) >= 11 is 1.53. The number of nitrogens with zero attached hydrogens (tertiary/aromatic N) is 4. The number of furan rings is 1. The number of amides is 1. The molecule has 5 rings (SSSR count). The molecule has 3 heterocycles. The van der Waals surface area contributed by atoms with Crippen molar-refractivity contribution in [2.45, 2.75) is 0 Å². The largest absolute Gasteiger partial charge is 0.454 e. The maximum absolute atomic E-state index is 12.3. The first-order valence-corrected chi connectivity index (χ1v) is 9.67. The van der Waals surface area contributed by atoms with Crippen LogP contribution in [0.25, 0.3) is 27.1 Å². The van der Waals surface area contributed by atoms with Gasteiger partial charge in [-0.2, -0.15) is 10.3 Å². The number of carbonyl (C=O) groups excluding carboxylic acids is 1. The molecule has 2 aliphatic rings. The molecule has 1 unspecified atom stereocenters. The molecule has 7 heteroatoms. The Bertz CT molecular complexity index is 1310. The predicted octanol–water partition coefficient (Wildman–Crippen LogP) is 4.59. The highest BCUT2D eigenvalue weighted by molar-refractivity contribution is 7.21. The molecule has 0 bridgehead atoms. The normalized spacial score (nSPS) is 18.4. The third kappa shape index (κ3) is 3.16. The van der Waals surface area contributed by atoms with Crippen molar-refractivity contribution in [3.05, 3.63) is 72.0 Å². The van der Waals surface area contributed by atoms with E-state index in [0.717, 1.165) is 15.2 Å². The van der Waals surface area contributed by atoms with Crippen LogP contribution in [-0.2, 0) is 4.79 Å². The summed E-state index contributed by atoms with van der Waals surface area (Å²) in [6.07, 6.45) is 8.63. The van der Waals surface area contributed by atoms with E-state index in [9.17, 15) is 10.1 Å². The zero-order chi connectivity index (χ0) is 19.8. The van der Waals surface area contributed by atoms with Crippen LogP contribution in [0.5, 0.6) is 0 Å². The van der Waals surface area contributed by atoms with Gasteiger partial charge in [-0.05, 0) is 30.3 Å². The zero-order valence-corrected chi connectivity index (χ0v) is 15.8. The van der Waals surface area contributed by atoms with Crippen LogP contribution in [0.4, 0.5) is 0 Å². The summed E-state index contributed by atoms with van der Waals surface area (Å²) in [6, 6.07) is 13.5. The van der Waals surface area contributed by atoms with E-state index in [1.54, 1.807) is 30.4 Å². The summed E-state index contributed by atoms with van der Waals surface area (Å²) < 4.78 is 6.94. The van der Waals surface area contributed by atoms with Gasteiger partial charge in [0.05, 0.1) is 15.9 Å². The summed E-state index contributed by atoms with van der Waals surface area (Å²) in [5.74, 6) is 0.372. The number of amidine groups is 1. The van der Waals surface area contributed by atoms with Crippen molar-refractivity contribution < 1.29 is 9.21 Å². The summed E-state index contributed by atoms with van der Waals surface area (Å²) in [4.78, 5) is 25.2. The highest BCUT2D eigenvalue weighted by atomic mass is 32.1. The monoisotopic (exact) mass is 396 g/mol. The molecule has 138 valence electrons. The van der Waals surface area contributed by atoms with Gasteiger partial charge in [-0.1, -0.05) is 30.4 Å². The van der Waals surface area contributed by atoms with E-state index in [2.05, 4.69) is 21.0 Å². The van der Waals surface area contributed by atoms with Gasteiger partial charge < -0.3 is 4.42 Å². The van der Waals surface area contributed by atoms with E-state index in [1.165, 1.54) is 17.4 Å². The lowest BCUT2D eigenvalue weighted by Gasteiger charge is -2.17. The van der Waals surface area contributed by atoms with Gasteiger partial charge in [0, 0.05) is 6.08 Å². The van der Waals surface area contributed by atoms with E-state index in [0.29, 0.717) is 17.2 Å². The van der Waals surface area contributed by atoms with Crippen LogP contribution in [-0.4, -0.2) is 22.4 Å². The number of hydrogen-bond acceptors (Lipinski definition) is 6. The third-order valence-corrected chi connectivity index (χ3v) is 5.55. The van der Waals surface area contributed by atoms with Gasteiger partial charge in [-0.25, -0.2) is 9.98 Å². The highest BCUT2D eigenvalue weighted by Gasteiger charge is 2.27. The van der Waals surface area contributed by atoms with Crippen molar-refractivity contribution >= 4 is 45.1 Å². The van der Waals surface area contributed by atoms with Crippen molar-refractivity contribution in [2.75, 3.05) is 0 Å². The minimum Gasteiger partial charge on any atom is -0.454 e. The van der Waals surface area contributed by atoms with Gasteiger partial charge in [-0.3, -0.25) is 4.79 Å². The second-order valence-electron chi connectivity index (χ2n) is 6.39. The first-order chi connectivity index (χ1) is 14.2. The molecule has 0 saturated heterocycles. The number of para-hydroxylation sites is 1. The molecule has 0 spiro atoms. The fraction of sp³-hybridized carbons (Fsp3) is 0.0455. The maximum atomic E-state index is 12.3. The molecule has 1 aliphatic carbocycles. The van der Waals surface area contributed by atoms with E-state index in [-0.39, 0.29) is 17.3 Å². The van der Waals surface area contributed by atoms with Crippen molar-refractivity contribution in [1.82, 2.24) is 4.98 Å². The van der Waals surface area contributed by atoms with E-state index in [1.807, 2.05) is 30.3 Å². The Morgan fingerprint density at radius 2 is 2.07 bits per heavy atom. The fourth-order valence-corrected chi connectivity index (χ4v) is 4.03. The quantitative estimate of drug-likeness (QED) is 0.606. The zero-order valence-electron chi connectivity index (χ0n) is 14.9. The van der Waals surface area contributed by atoms with Gasteiger partial charge >= 0.3 is 0 Å². The van der Waals surface area contributed by atoms with Gasteiger partial charge in [0.1, 0.15) is 23.3 Å². The average molecular weight is 396 g/mol. The van der Waals surface area contributed by atoms with Crippen molar-refractivity contribution in [2.24, 2.45) is 15.9 Å². The van der Waals surface area contributed by atoms with E-state index < -0.39 is 5.92 Å². The SMILES string of the molecule is N#C/C(=C\c1ccc(-c2nc3ccccc3s2)o1)C1=NC(=O)C2C=CC=CC2=N1. The maximum Gasteiger partial charge on any atom is 0.260 e. The van der Waals surface area contributed by atoms with Gasteiger partial charge in [0.15, 0.2) is 16.6 Å². The average Bonchev–Trinajstić information content (AvgIpc) is 3.38. The number of fused-ring (bicyclic) bond motifs is 2. The lowest BCUT2D eigenvalue weighted by atomic mass is 9.96. The molecule has 0 radical (unpaired) electrons. The molecule has 1 aromatic carbocycles. The Morgan fingerprint density at radius 3 is 2.93 bits per heavy atom. The Hall–Kier alpha value is -3.89. The van der Waals surface area contributed by atoms with Gasteiger partial charge in [0.2, 0.25) is 0 Å². The second-order valence-corrected chi connectivity index (χ2v) is 7.42. The number of hydrogen-bond donors (Lipinski definition) is 0. The number of aromatic nitrogens is 1. The third-order valence-electron chi connectivity index (χ3n) is 4.50. The number of benzene rings is 1. The summed E-state index contributed by atoms with van der Waals surface area (Å²) in [6.45, 7) is 0. The van der Waals surface area contributed by atoms with Crippen molar-refractivity contribution in [1.29, 1.82) is 5.26 Å². The summed E-state index contributed by atoms with van der Waals surface area (Å²) in [7, 11) is 0. The molecule has 0 saturated carbocycles. The highest BCUT2D eigenvalue weighted by Crippen LogP contribution is 2.31. The van der Waals surface area contributed by atoms with Crippen molar-refractivity contribution in [3.63, 3.8) is 0 Å². The van der Waals surface area contributed by atoms with Crippen LogP contribution in [0.3, 0.4) is 0 Å². The molecular weight excluding hydrogens is 384 g/mol. The molecule has 29 heavy (non-hydrogen) atoms. The minimum atomic E-state index is -0.474. The topological polar surface area (TPSA) is 91.6 Å². The van der Waals surface area contributed by atoms with E-state index in [4.69, 9.17) is 4.42 Å². The van der Waals surface area contributed by atoms with Crippen LogP contribution in [0.15, 0.2) is 80.7 Å². The molecule has 3 aromatic rings. The van der Waals surface area contributed by atoms with Crippen LogP contribution in [0.2, 0.25) is 0 Å². The lowest BCUT2D eigenvalue weighted by Crippen LogP contribution is -2.27. The minimum absolute atomic E-state index is 0.0987. The molecule has 0 fully saturated rings. The van der Waals surface area contributed by atoms with Crippen LogP contribution >= 0.6 is 11.3 Å². The Labute approximate surface area is 169 Å². The van der Waals surface area contributed by atoms with Crippen LogP contribution in [0, 0.1) is 17.2 Å². The number of nitriles is 1. The number of aliphatic imine (C=N–C) groups is 2. The first kappa shape index (κ1) is 17.2. The van der Waals surface area contributed by atoms with E-state index >= 15 is 0 Å². The number of thiazole rings is 1. The fourth-order valence-electron chi connectivity index (χ4n) is 3.10. The van der Waals surface area contributed by atoms with Gasteiger partial charge in [0.25, 0.3) is 5.91 Å². The molecule has 1 atom stereocenters. The Balaban J connectivity index is 1.47. The number of carbonyl (C=O) groups is 1. The van der Waals surface area contributed by atoms with Crippen LogP contribution in [0.1, 0.15) is 5.76 Å². The summed E-state index contributed by atoms with van der Waals surface area (Å²) in [5, 5.41) is 10.3. The first-order valence-electron chi connectivity index (χ1n) is 8.85. The molecule has 2 aromatic heterocycles. The predicted molar refractivity (Wildman–Crippen MR) is 113 cm³/mol. The molecule has 1 aliphatic heterocycles. The Morgan fingerprint density at radius 1 is 1.17 bits per heavy atom. The number of allylic oxidation sites excluding steroid dienone is 3. The smallest absolute Gasteiger partial charge is 0.260 e. The summed E-state index contributed by atoms with van der Waals surface area (Å²) in [5.41, 5.74) is 1.66.